The van der Waals surface area contributed by atoms with E-state index < -0.39 is 0 Å². The van der Waals surface area contributed by atoms with Crippen LogP contribution in [-0.2, 0) is 38.8 Å². The van der Waals surface area contributed by atoms with Crippen molar-refractivity contribution in [3.05, 3.63) is 166 Å². The van der Waals surface area contributed by atoms with Gasteiger partial charge in [0.25, 0.3) is 0 Å². The Hall–Kier alpha value is -5.96. The minimum absolute atomic E-state index is 0.106. The molecule has 0 fully saturated rings. The van der Waals surface area contributed by atoms with Crippen LogP contribution in [0.5, 0.6) is 46.0 Å². The van der Waals surface area contributed by atoms with Gasteiger partial charge in [0.2, 0.25) is 5.75 Å². The van der Waals surface area contributed by atoms with Crippen LogP contribution in [0.15, 0.2) is 121 Å². The lowest BCUT2D eigenvalue weighted by Gasteiger charge is -2.39. The fourth-order valence-corrected chi connectivity index (χ4v) is 8.86. The van der Waals surface area contributed by atoms with Gasteiger partial charge in [-0.05, 0) is 114 Å². The van der Waals surface area contributed by atoms with Crippen molar-refractivity contribution in [2.24, 2.45) is 0 Å². The van der Waals surface area contributed by atoms with Crippen molar-refractivity contribution in [3.63, 3.8) is 0 Å². The zero-order valence-corrected chi connectivity index (χ0v) is 33.7. The van der Waals surface area contributed by atoms with Crippen LogP contribution in [0.1, 0.15) is 56.6 Å². The maximum Gasteiger partial charge on any atom is 0.204 e. The van der Waals surface area contributed by atoms with E-state index in [9.17, 15) is 0 Å². The number of rotatable bonds is 8. The summed E-state index contributed by atoms with van der Waals surface area (Å²) < 4.78 is 39.0. The molecule has 6 aromatic rings. The molecule has 4 aliphatic rings. The fraction of sp³-hybridized carbons (Fsp3) is 0.280. The molecule has 10 rings (SSSR count). The molecule has 0 spiro atoms. The molecule has 0 N–H and O–H groups in total. The van der Waals surface area contributed by atoms with Gasteiger partial charge in [-0.25, -0.2) is 0 Å². The van der Waals surface area contributed by atoms with E-state index in [1.54, 1.807) is 21.3 Å². The van der Waals surface area contributed by atoms with E-state index >= 15 is 0 Å². The molecule has 6 bridgehead atoms. The summed E-state index contributed by atoms with van der Waals surface area (Å²) in [5, 5.41) is 0. The maximum atomic E-state index is 7.38. The largest absolute Gasteiger partial charge is 0.493 e. The topological polar surface area (TPSA) is 61.9 Å². The third kappa shape index (κ3) is 7.58. The molecular formula is C50H50N2O6. The van der Waals surface area contributed by atoms with E-state index in [2.05, 4.69) is 114 Å². The molecule has 4 aliphatic heterocycles. The van der Waals surface area contributed by atoms with Crippen LogP contribution in [-0.4, -0.2) is 51.3 Å². The van der Waals surface area contributed by atoms with Gasteiger partial charge >= 0.3 is 0 Å². The minimum atomic E-state index is -0.106. The Morgan fingerprint density at radius 2 is 1.26 bits per heavy atom. The van der Waals surface area contributed by atoms with Crippen LogP contribution in [0.4, 0.5) is 0 Å². The Labute approximate surface area is 341 Å². The van der Waals surface area contributed by atoms with E-state index in [1.807, 2.05) is 24.3 Å². The molecule has 2 atom stereocenters. The molecule has 6 aromatic carbocycles. The molecule has 8 nitrogen and oxygen atoms in total. The lowest BCUT2D eigenvalue weighted by atomic mass is 9.86. The molecule has 0 radical (unpaired) electrons. The van der Waals surface area contributed by atoms with E-state index in [1.165, 1.54) is 27.8 Å². The molecule has 0 saturated heterocycles. The second-order valence-electron chi connectivity index (χ2n) is 15.5. The highest BCUT2D eigenvalue weighted by Gasteiger charge is 2.36. The summed E-state index contributed by atoms with van der Waals surface area (Å²) in [6, 6.07) is 42.2. The van der Waals surface area contributed by atoms with Gasteiger partial charge in [-0.1, -0.05) is 78.9 Å². The van der Waals surface area contributed by atoms with E-state index in [0.717, 1.165) is 61.3 Å². The smallest absolute Gasteiger partial charge is 0.204 e. The number of hydrogen-bond donors (Lipinski definition) is 0. The van der Waals surface area contributed by atoms with Crippen molar-refractivity contribution in [2.75, 3.05) is 41.5 Å². The second kappa shape index (κ2) is 16.5. The highest BCUT2D eigenvalue weighted by atomic mass is 16.6. The Bertz CT molecular complexity index is 2380. The predicted octanol–water partition coefficient (Wildman–Crippen LogP) is 10.3. The van der Waals surface area contributed by atoms with E-state index in [0.29, 0.717) is 53.3 Å². The van der Waals surface area contributed by atoms with Crippen LogP contribution < -0.4 is 28.4 Å². The van der Waals surface area contributed by atoms with Crippen LogP contribution in [0, 0.1) is 0 Å². The van der Waals surface area contributed by atoms with Crippen molar-refractivity contribution < 1.29 is 28.4 Å². The molecule has 8 heteroatoms. The number of ether oxygens (including phenoxy) is 6. The zero-order chi connectivity index (χ0) is 39.6. The number of benzene rings is 6. The number of fused-ring (bicyclic) bond motifs is 2. The molecule has 0 aromatic heterocycles. The average Bonchev–Trinajstić information content (AvgIpc) is 3.26. The highest BCUT2D eigenvalue weighted by molar-refractivity contribution is 5.64. The quantitative estimate of drug-likeness (QED) is 0.152. The molecular weight excluding hydrogens is 725 g/mol. The first-order chi connectivity index (χ1) is 28.5. The number of hydrogen-bond acceptors (Lipinski definition) is 8. The van der Waals surface area contributed by atoms with E-state index in [4.69, 9.17) is 28.4 Å². The summed E-state index contributed by atoms with van der Waals surface area (Å²) in [5.41, 5.74) is 9.37. The summed E-state index contributed by atoms with van der Waals surface area (Å²) in [7, 11) is 7.33. The molecule has 0 aliphatic carbocycles. The molecule has 0 saturated carbocycles. The standard InChI is InChI=1S/C50H50N2O6/c1-51-23-21-37-28-44(54-3)46-30-40(37)41(51)25-33-15-18-39(19-16-33)57-45-27-36(17-20-43(45)53-2)26-42-48-38(22-24-52(42)31-34-11-7-5-8-12-34)29-47(55-4)49(50(48)58-46)56-32-35-13-9-6-10-14-35/h5-20,27-30,41-42H,21-26,31-32H2,1-4H3/t41-,42-/m0/s1. The number of methoxy groups -OCH3 is 3. The first kappa shape index (κ1) is 37.6. The summed E-state index contributed by atoms with van der Waals surface area (Å²) in [6.07, 6.45) is 3.23. The second-order valence-corrected chi connectivity index (χ2v) is 15.5. The van der Waals surface area contributed by atoms with Crippen LogP contribution >= 0.6 is 0 Å². The predicted molar refractivity (Wildman–Crippen MR) is 226 cm³/mol. The van der Waals surface area contributed by atoms with Gasteiger partial charge in [0.05, 0.1) is 21.3 Å². The first-order valence-electron chi connectivity index (χ1n) is 20.2. The summed E-state index contributed by atoms with van der Waals surface area (Å²) in [4.78, 5) is 5.01. The number of nitrogens with zero attached hydrogens (tertiary/aromatic N) is 2. The Morgan fingerprint density at radius 1 is 0.603 bits per heavy atom. The van der Waals surface area contributed by atoms with Gasteiger partial charge in [-0.3, -0.25) is 9.80 Å². The first-order valence-corrected chi connectivity index (χ1v) is 20.2. The van der Waals surface area contributed by atoms with Gasteiger partial charge in [-0.2, -0.15) is 0 Å². The third-order valence-electron chi connectivity index (χ3n) is 11.9. The maximum absolute atomic E-state index is 7.38. The normalized spacial score (nSPS) is 17.5. The van der Waals surface area contributed by atoms with Gasteiger partial charge in [0.15, 0.2) is 34.5 Å². The van der Waals surface area contributed by atoms with Crippen molar-refractivity contribution >= 4 is 0 Å². The molecule has 0 amide bonds. The minimum Gasteiger partial charge on any atom is -0.493 e. The molecule has 296 valence electrons. The van der Waals surface area contributed by atoms with Crippen molar-refractivity contribution in [2.45, 2.75) is 50.9 Å². The number of likely N-dealkylation sites (N-methyl/N-ethyl adjacent to an activating group) is 1. The van der Waals surface area contributed by atoms with Crippen LogP contribution in [0.3, 0.4) is 0 Å². The Morgan fingerprint density at radius 3 is 2.00 bits per heavy atom. The van der Waals surface area contributed by atoms with E-state index in [-0.39, 0.29) is 12.1 Å². The van der Waals surface area contributed by atoms with Crippen molar-refractivity contribution in [3.8, 4) is 46.0 Å². The molecule has 58 heavy (non-hydrogen) atoms. The van der Waals surface area contributed by atoms with Crippen LogP contribution in [0.2, 0.25) is 0 Å². The zero-order valence-electron chi connectivity index (χ0n) is 33.7. The van der Waals surface area contributed by atoms with Crippen molar-refractivity contribution in [1.29, 1.82) is 0 Å². The SMILES string of the molecule is COc1ccc2cc1Oc1ccc(cc1)C[C@H]1c3cc(c(OC)cc3CCN1C)Oc1c(OCc3ccccc3)c(OC)cc3c1[C@H](C2)N(Cc1ccccc1)CC3. The fourth-order valence-electron chi connectivity index (χ4n) is 8.86. The summed E-state index contributed by atoms with van der Waals surface area (Å²) in [6.45, 7) is 2.90. The van der Waals surface area contributed by atoms with Crippen molar-refractivity contribution in [1.82, 2.24) is 9.80 Å². The van der Waals surface area contributed by atoms with Gasteiger partial charge in [-0.15, -0.1) is 0 Å². The summed E-state index contributed by atoms with van der Waals surface area (Å²) in [5.74, 6) is 5.31. The van der Waals surface area contributed by atoms with Crippen LogP contribution in [0.25, 0.3) is 0 Å². The average molecular weight is 775 g/mol. The van der Waals surface area contributed by atoms with Gasteiger partial charge in [0.1, 0.15) is 12.4 Å². The highest BCUT2D eigenvalue weighted by Crippen LogP contribution is 2.53. The molecule has 4 heterocycles. The Kier molecular flexibility index (Phi) is 10.7. The monoisotopic (exact) mass is 774 g/mol. The lowest BCUT2D eigenvalue weighted by molar-refractivity contribution is 0.169. The molecule has 0 unspecified atom stereocenters. The van der Waals surface area contributed by atoms with Gasteiger partial charge in [0, 0.05) is 37.3 Å². The third-order valence-corrected chi connectivity index (χ3v) is 11.9. The lowest BCUT2D eigenvalue weighted by Crippen LogP contribution is -2.36. The Balaban J connectivity index is 1.28. The van der Waals surface area contributed by atoms with Gasteiger partial charge < -0.3 is 28.4 Å². The summed E-state index contributed by atoms with van der Waals surface area (Å²) >= 11 is 0.